The molecule has 1 aromatic heterocycles. The summed E-state index contributed by atoms with van der Waals surface area (Å²) in [6, 6.07) is 23.7. The first-order valence-corrected chi connectivity index (χ1v) is 8.09. The van der Waals surface area contributed by atoms with Gasteiger partial charge in [0.25, 0.3) is 0 Å². The lowest BCUT2D eigenvalue weighted by molar-refractivity contribution is 0.609. The van der Waals surface area contributed by atoms with Gasteiger partial charge in [-0.15, -0.1) is 11.3 Å². The molecule has 0 aliphatic carbocycles. The zero-order valence-electron chi connectivity index (χ0n) is 12.1. The van der Waals surface area contributed by atoms with Gasteiger partial charge in [0.2, 0.25) is 0 Å². The maximum Gasteiger partial charge on any atom is 0.0579 e. The number of hydrogen-bond acceptors (Lipinski definition) is 2. The van der Waals surface area contributed by atoms with Crippen LogP contribution >= 0.6 is 11.3 Å². The summed E-state index contributed by atoms with van der Waals surface area (Å²) in [7, 11) is 0. The van der Waals surface area contributed by atoms with E-state index in [0.29, 0.717) is 0 Å². The molecule has 0 radical (unpaired) electrons. The fourth-order valence-corrected chi connectivity index (χ4v) is 3.36. The van der Waals surface area contributed by atoms with Crippen molar-refractivity contribution in [2.45, 2.75) is 19.5 Å². The second kappa shape index (κ2) is 6.70. The summed E-state index contributed by atoms with van der Waals surface area (Å²) in [6.45, 7) is 3.07. The van der Waals surface area contributed by atoms with E-state index in [2.05, 4.69) is 84.4 Å². The molecule has 1 heterocycles. The zero-order chi connectivity index (χ0) is 14.5. The molecule has 1 nitrogen and oxygen atoms in total. The molecule has 0 bridgehead atoms. The quantitative estimate of drug-likeness (QED) is 0.703. The van der Waals surface area contributed by atoms with Crippen LogP contribution in [0.4, 0.5) is 0 Å². The van der Waals surface area contributed by atoms with E-state index in [9.17, 15) is 0 Å². The molecule has 0 saturated carbocycles. The van der Waals surface area contributed by atoms with Crippen LogP contribution in [0.1, 0.15) is 27.6 Å². The number of aryl methyl sites for hydroxylation is 1. The van der Waals surface area contributed by atoms with Crippen LogP contribution in [0.3, 0.4) is 0 Å². The van der Waals surface area contributed by atoms with E-state index in [1.807, 2.05) is 11.3 Å². The van der Waals surface area contributed by atoms with Crippen molar-refractivity contribution < 1.29 is 0 Å². The summed E-state index contributed by atoms with van der Waals surface area (Å²) in [5, 5.41) is 5.87. The minimum atomic E-state index is 0.230. The third kappa shape index (κ3) is 3.41. The maximum absolute atomic E-state index is 3.71. The van der Waals surface area contributed by atoms with Crippen LogP contribution in [-0.2, 0) is 6.54 Å². The zero-order valence-corrected chi connectivity index (χ0v) is 12.9. The molecule has 106 valence electrons. The topological polar surface area (TPSA) is 12.0 Å². The third-order valence-corrected chi connectivity index (χ3v) is 4.72. The summed E-state index contributed by atoms with van der Waals surface area (Å²) in [6.07, 6.45) is 0. The smallest absolute Gasteiger partial charge is 0.0579 e. The summed E-state index contributed by atoms with van der Waals surface area (Å²) >= 11 is 1.82. The molecule has 0 aliphatic rings. The minimum absolute atomic E-state index is 0.230. The number of thiophene rings is 1. The molecule has 21 heavy (non-hydrogen) atoms. The lowest BCUT2D eigenvalue weighted by Crippen LogP contribution is -2.21. The van der Waals surface area contributed by atoms with Crippen molar-refractivity contribution in [3.8, 4) is 0 Å². The highest BCUT2D eigenvalue weighted by atomic mass is 32.1. The molecule has 0 fully saturated rings. The lowest BCUT2D eigenvalue weighted by Gasteiger charge is -2.20. The highest BCUT2D eigenvalue weighted by Crippen LogP contribution is 2.23. The largest absolute Gasteiger partial charge is 0.301 e. The standard InChI is InChI=1S/C19H19NS/c1-15-12-13-21-18(15)14-20-19(16-8-4-2-5-9-16)17-10-6-3-7-11-17/h2-13,19-20H,14H2,1H3. The van der Waals surface area contributed by atoms with Crippen molar-refractivity contribution >= 4 is 11.3 Å². The maximum atomic E-state index is 3.71. The van der Waals surface area contributed by atoms with E-state index in [1.165, 1.54) is 21.6 Å². The average Bonchev–Trinajstić information content (AvgIpc) is 2.95. The number of hydrogen-bond donors (Lipinski definition) is 1. The number of nitrogens with one attached hydrogen (secondary N) is 1. The Morgan fingerprint density at radius 3 is 1.90 bits per heavy atom. The Balaban J connectivity index is 1.85. The first-order chi connectivity index (χ1) is 10.3. The Kier molecular flexibility index (Phi) is 4.49. The summed E-state index contributed by atoms with van der Waals surface area (Å²) in [5.41, 5.74) is 3.98. The van der Waals surface area contributed by atoms with Crippen LogP contribution in [0.5, 0.6) is 0 Å². The molecule has 0 atom stereocenters. The molecule has 0 spiro atoms. The Hall–Kier alpha value is -1.90. The van der Waals surface area contributed by atoms with Gasteiger partial charge in [-0.3, -0.25) is 0 Å². The highest BCUT2D eigenvalue weighted by molar-refractivity contribution is 7.10. The van der Waals surface area contributed by atoms with Gasteiger partial charge < -0.3 is 5.32 Å². The van der Waals surface area contributed by atoms with Gasteiger partial charge in [0, 0.05) is 11.4 Å². The van der Waals surface area contributed by atoms with Crippen LogP contribution in [0.25, 0.3) is 0 Å². The Labute approximate surface area is 130 Å². The van der Waals surface area contributed by atoms with Crippen LogP contribution < -0.4 is 5.32 Å². The van der Waals surface area contributed by atoms with Gasteiger partial charge in [-0.1, -0.05) is 60.7 Å². The second-order valence-corrected chi connectivity index (χ2v) is 6.16. The van der Waals surface area contributed by atoms with Gasteiger partial charge in [-0.2, -0.15) is 0 Å². The van der Waals surface area contributed by atoms with Gasteiger partial charge in [-0.25, -0.2) is 0 Å². The van der Waals surface area contributed by atoms with Gasteiger partial charge >= 0.3 is 0 Å². The highest BCUT2D eigenvalue weighted by Gasteiger charge is 2.13. The molecule has 0 amide bonds. The Bertz CT molecular complexity index is 634. The van der Waals surface area contributed by atoms with Crippen molar-refractivity contribution in [2.75, 3.05) is 0 Å². The van der Waals surface area contributed by atoms with E-state index in [-0.39, 0.29) is 6.04 Å². The molecule has 1 N–H and O–H groups in total. The first kappa shape index (κ1) is 14.1. The molecule has 0 aliphatic heterocycles. The normalized spacial score (nSPS) is 11.0. The van der Waals surface area contributed by atoms with Crippen molar-refractivity contribution in [1.29, 1.82) is 0 Å². The monoisotopic (exact) mass is 293 g/mol. The molecule has 0 saturated heterocycles. The Morgan fingerprint density at radius 2 is 1.43 bits per heavy atom. The molecule has 0 unspecified atom stereocenters. The Morgan fingerprint density at radius 1 is 0.857 bits per heavy atom. The fourth-order valence-electron chi connectivity index (χ4n) is 2.50. The summed E-state index contributed by atoms with van der Waals surface area (Å²) < 4.78 is 0. The second-order valence-electron chi connectivity index (χ2n) is 5.16. The van der Waals surface area contributed by atoms with E-state index >= 15 is 0 Å². The lowest BCUT2D eigenvalue weighted by atomic mass is 9.98. The van der Waals surface area contributed by atoms with E-state index in [0.717, 1.165) is 6.54 Å². The van der Waals surface area contributed by atoms with E-state index < -0.39 is 0 Å². The van der Waals surface area contributed by atoms with Crippen molar-refractivity contribution in [3.05, 3.63) is 93.7 Å². The van der Waals surface area contributed by atoms with Crippen LogP contribution in [0.15, 0.2) is 72.1 Å². The number of benzene rings is 2. The van der Waals surface area contributed by atoms with Gasteiger partial charge in [0.15, 0.2) is 0 Å². The van der Waals surface area contributed by atoms with Gasteiger partial charge in [0.1, 0.15) is 0 Å². The molecular formula is C19H19NS. The molecular weight excluding hydrogens is 274 g/mol. The van der Waals surface area contributed by atoms with Crippen molar-refractivity contribution in [1.82, 2.24) is 5.32 Å². The molecule has 2 aromatic carbocycles. The fraction of sp³-hybridized carbons (Fsp3) is 0.158. The predicted octanol–water partition coefficient (Wildman–Crippen LogP) is 4.94. The van der Waals surface area contributed by atoms with Crippen molar-refractivity contribution in [3.63, 3.8) is 0 Å². The third-order valence-electron chi connectivity index (χ3n) is 3.70. The molecule has 2 heteroatoms. The van der Waals surface area contributed by atoms with Crippen LogP contribution in [0, 0.1) is 6.92 Å². The summed E-state index contributed by atoms with van der Waals surface area (Å²) in [4.78, 5) is 1.41. The summed E-state index contributed by atoms with van der Waals surface area (Å²) in [5.74, 6) is 0. The SMILES string of the molecule is Cc1ccsc1CNC(c1ccccc1)c1ccccc1. The molecule has 3 aromatic rings. The van der Waals surface area contributed by atoms with E-state index in [1.54, 1.807) is 0 Å². The van der Waals surface area contributed by atoms with Crippen LogP contribution in [-0.4, -0.2) is 0 Å². The van der Waals surface area contributed by atoms with E-state index in [4.69, 9.17) is 0 Å². The van der Waals surface area contributed by atoms with Crippen molar-refractivity contribution in [2.24, 2.45) is 0 Å². The minimum Gasteiger partial charge on any atom is -0.301 e. The average molecular weight is 293 g/mol. The predicted molar refractivity (Wildman–Crippen MR) is 90.6 cm³/mol. The molecule has 3 rings (SSSR count). The first-order valence-electron chi connectivity index (χ1n) is 7.21. The van der Waals surface area contributed by atoms with Gasteiger partial charge in [-0.05, 0) is 35.1 Å². The van der Waals surface area contributed by atoms with Crippen LogP contribution in [0.2, 0.25) is 0 Å². The van der Waals surface area contributed by atoms with Gasteiger partial charge in [0.05, 0.1) is 6.04 Å². The number of rotatable bonds is 5.